The van der Waals surface area contributed by atoms with E-state index in [1.807, 2.05) is 17.5 Å². The molecule has 7 nitrogen and oxygen atoms in total. The van der Waals surface area contributed by atoms with Crippen LogP contribution in [0.3, 0.4) is 0 Å². The molecule has 3 aromatic rings. The lowest BCUT2D eigenvalue weighted by Crippen LogP contribution is -2.43. The van der Waals surface area contributed by atoms with Gasteiger partial charge in [-0.1, -0.05) is 11.2 Å². The molecule has 8 heteroatoms. The van der Waals surface area contributed by atoms with Crippen molar-refractivity contribution in [3.63, 3.8) is 0 Å². The van der Waals surface area contributed by atoms with Gasteiger partial charge in [0.15, 0.2) is 0 Å². The third kappa shape index (κ3) is 2.66. The molecule has 23 heavy (non-hydrogen) atoms. The van der Waals surface area contributed by atoms with Gasteiger partial charge in [0.25, 0.3) is 11.8 Å². The summed E-state index contributed by atoms with van der Waals surface area (Å²) in [7, 11) is 0. The van der Waals surface area contributed by atoms with E-state index in [0.29, 0.717) is 37.0 Å². The molecular formula is C15H13N3O4S. The van der Waals surface area contributed by atoms with Gasteiger partial charge in [-0.15, -0.1) is 11.3 Å². The van der Waals surface area contributed by atoms with E-state index >= 15 is 0 Å². The summed E-state index contributed by atoms with van der Waals surface area (Å²) in [5.74, 6) is 0.768. The molecule has 0 spiro atoms. The van der Waals surface area contributed by atoms with Crippen LogP contribution in [0, 0.1) is 0 Å². The lowest BCUT2D eigenvalue weighted by atomic mass is 10.2. The summed E-state index contributed by atoms with van der Waals surface area (Å²) in [4.78, 5) is 19.6. The monoisotopic (exact) mass is 331 g/mol. The van der Waals surface area contributed by atoms with Crippen LogP contribution in [0.15, 0.2) is 45.0 Å². The van der Waals surface area contributed by atoms with Crippen LogP contribution >= 0.6 is 11.3 Å². The summed E-state index contributed by atoms with van der Waals surface area (Å²) < 4.78 is 15.9. The van der Waals surface area contributed by atoms with Crippen LogP contribution in [0.4, 0.5) is 0 Å². The van der Waals surface area contributed by atoms with E-state index in [0.717, 1.165) is 4.88 Å². The van der Waals surface area contributed by atoms with Gasteiger partial charge in [-0.2, -0.15) is 4.98 Å². The van der Waals surface area contributed by atoms with E-state index in [2.05, 4.69) is 10.1 Å². The highest BCUT2D eigenvalue weighted by Crippen LogP contribution is 2.28. The highest BCUT2D eigenvalue weighted by atomic mass is 32.1. The minimum atomic E-state index is -0.396. The largest absolute Gasteiger partial charge is 0.472 e. The topological polar surface area (TPSA) is 81.6 Å². The molecule has 0 bridgehead atoms. The van der Waals surface area contributed by atoms with Crippen LogP contribution in [-0.4, -0.2) is 40.7 Å². The number of furan rings is 1. The van der Waals surface area contributed by atoms with Crippen LogP contribution < -0.4 is 0 Å². The minimum absolute atomic E-state index is 0.136. The molecule has 1 saturated heterocycles. The Hall–Kier alpha value is -2.45. The maximum absolute atomic E-state index is 12.6. The highest BCUT2D eigenvalue weighted by Gasteiger charge is 2.34. The Morgan fingerprint density at radius 3 is 3.13 bits per heavy atom. The summed E-state index contributed by atoms with van der Waals surface area (Å²) >= 11 is 1.53. The molecule has 0 aliphatic carbocycles. The molecule has 3 aromatic heterocycles. The predicted octanol–water partition coefficient (Wildman–Crippen LogP) is 2.60. The number of nitrogens with zero attached hydrogens (tertiary/aromatic N) is 3. The molecule has 0 aromatic carbocycles. The number of carbonyl (C=O) groups excluding carboxylic acids is 1. The fourth-order valence-electron chi connectivity index (χ4n) is 2.48. The maximum Gasteiger partial charge on any atom is 0.257 e. The number of thiophene rings is 1. The smallest absolute Gasteiger partial charge is 0.257 e. The quantitative estimate of drug-likeness (QED) is 0.734. The molecule has 1 atom stereocenters. The number of hydrogen-bond acceptors (Lipinski definition) is 7. The zero-order chi connectivity index (χ0) is 15.6. The van der Waals surface area contributed by atoms with Gasteiger partial charge in [-0.3, -0.25) is 4.79 Å². The number of rotatable bonds is 3. The standard InChI is InChI=1S/C15H13N3O4S/c19-15(10-3-5-20-8-10)18-4-6-21-9-11(18)14-16-13(17-22-14)12-2-1-7-23-12/h1-3,5,7-8,11H,4,6,9H2/t11-/m0/s1. The lowest BCUT2D eigenvalue weighted by Gasteiger charge is -2.32. The fraction of sp³-hybridized carbons (Fsp3) is 0.267. The molecular weight excluding hydrogens is 318 g/mol. The average molecular weight is 331 g/mol. The van der Waals surface area contributed by atoms with Crippen LogP contribution in [0.25, 0.3) is 10.7 Å². The second-order valence-electron chi connectivity index (χ2n) is 5.03. The van der Waals surface area contributed by atoms with Crippen LogP contribution in [0.5, 0.6) is 0 Å². The van der Waals surface area contributed by atoms with Gasteiger partial charge in [0.05, 0.1) is 29.9 Å². The Morgan fingerprint density at radius 2 is 2.35 bits per heavy atom. The van der Waals surface area contributed by atoms with Gasteiger partial charge < -0.3 is 18.6 Å². The molecule has 1 aliphatic rings. The molecule has 0 saturated carbocycles. The van der Waals surface area contributed by atoms with Gasteiger partial charge in [0, 0.05) is 6.54 Å². The Morgan fingerprint density at radius 1 is 1.39 bits per heavy atom. The van der Waals surface area contributed by atoms with Crippen molar-refractivity contribution < 1.29 is 18.5 Å². The average Bonchev–Trinajstić information content (AvgIpc) is 3.35. The minimum Gasteiger partial charge on any atom is -0.472 e. The first kappa shape index (κ1) is 14.2. The predicted molar refractivity (Wildman–Crippen MR) is 80.9 cm³/mol. The SMILES string of the molecule is O=C(c1ccoc1)N1CCOC[C@H]1c1nc(-c2cccs2)no1. The zero-order valence-electron chi connectivity index (χ0n) is 12.0. The van der Waals surface area contributed by atoms with Crippen molar-refractivity contribution in [2.45, 2.75) is 6.04 Å². The van der Waals surface area contributed by atoms with Gasteiger partial charge in [0.2, 0.25) is 5.82 Å². The summed E-state index contributed by atoms with van der Waals surface area (Å²) in [5.41, 5.74) is 0.495. The summed E-state index contributed by atoms with van der Waals surface area (Å²) in [6, 6.07) is 5.09. The Balaban J connectivity index is 1.62. The Bertz CT molecular complexity index is 782. The molecule has 1 fully saturated rings. The highest BCUT2D eigenvalue weighted by molar-refractivity contribution is 7.13. The Kier molecular flexibility index (Phi) is 3.68. The van der Waals surface area contributed by atoms with Gasteiger partial charge in [-0.05, 0) is 17.5 Å². The van der Waals surface area contributed by atoms with E-state index in [9.17, 15) is 4.79 Å². The number of morpholine rings is 1. The van der Waals surface area contributed by atoms with Crippen LogP contribution in [0.1, 0.15) is 22.3 Å². The molecule has 4 rings (SSSR count). The van der Waals surface area contributed by atoms with E-state index in [-0.39, 0.29) is 5.91 Å². The molecule has 1 amide bonds. The van der Waals surface area contributed by atoms with Crippen molar-refractivity contribution in [3.8, 4) is 10.7 Å². The number of amides is 1. The van der Waals surface area contributed by atoms with Gasteiger partial charge in [-0.25, -0.2) is 0 Å². The molecule has 0 unspecified atom stereocenters. The van der Waals surface area contributed by atoms with Crippen molar-refractivity contribution in [2.24, 2.45) is 0 Å². The summed E-state index contributed by atoms with van der Waals surface area (Å²) in [6.07, 6.45) is 2.91. The first-order chi connectivity index (χ1) is 11.3. The summed E-state index contributed by atoms with van der Waals surface area (Å²) in [5, 5.41) is 5.95. The van der Waals surface area contributed by atoms with Crippen molar-refractivity contribution in [1.82, 2.24) is 15.0 Å². The van der Waals surface area contributed by atoms with Crippen LogP contribution in [0.2, 0.25) is 0 Å². The first-order valence-corrected chi connectivity index (χ1v) is 7.99. The number of hydrogen-bond donors (Lipinski definition) is 0. The number of aromatic nitrogens is 2. The van der Waals surface area contributed by atoms with Crippen molar-refractivity contribution >= 4 is 17.2 Å². The first-order valence-electron chi connectivity index (χ1n) is 7.11. The molecule has 0 radical (unpaired) electrons. The van der Waals surface area contributed by atoms with E-state index in [1.165, 1.54) is 23.9 Å². The number of carbonyl (C=O) groups is 1. The molecule has 4 heterocycles. The van der Waals surface area contributed by atoms with Crippen molar-refractivity contribution in [1.29, 1.82) is 0 Å². The number of ether oxygens (including phenoxy) is 1. The Labute approximate surface area is 135 Å². The normalized spacial score (nSPS) is 18.3. The molecule has 1 aliphatic heterocycles. The second kappa shape index (κ2) is 5.98. The molecule has 0 N–H and O–H groups in total. The zero-order valence-corrected chi connectivity index (χ0v) is 12.9. The third-order valence-electron chi connectivity index (χ3n) is 3.63. The van der Waals surface area contributed by atoms with Crippen molar-refractivity contribution in [3.05, 3.63) is 47.6 Å². The van der Waals surface area contributed by atoms with Crippen molar-refractivity contribution in [2.75, 3.05) is 19.8 Å². The van der Waals surface area contributed by atoms with Crippen LogP contribution in [-0.2, 0) is 4.74 Å². The third-order valence-corrected chi connectivity index (χ3v) is 4.49. The lowest BCUT2D eigenvalue weighted by molar-refractivity contribution is -0.0119. The van der Waals surface area contributed by atoms with E-state index < -0.39 is 6.04 Å². The summed E-state index contributed by atoms with van der Waals surface area (Å²) in [6.45, 7) is 1.27. The molecule has 118 valence electrons. The fourth-order valence-corrected chi connectivity index (χ4v) is 3.13. The van der Waals surface area contributed by atoms with E-state index in [4.69, 9.17) is 13.7 Å². The van der Waals surface area contributed by atoms with E-state index in [1.54, 1.807) is 11.0 Å². The second-order valence-corrected chi connectivity index (χ2v) is 5.98. The maximum atomic E-state index is 12.6. The van der Waals surface area contributed by atoms with Gasteiger partial charge >= 0.3 is 0 Å². The van der Waals surface area contributed by atoms with Gasteiger partial charge in [0.1, 0.15) is 12.3 Å².